The third kappa shape index (κ3) is 2.44. The van der Waals surface area contributed by atoms with Gasteiger partial charge in [-0.3, -0.25) is 0 Å². The first-order valence-corrected chi connectivity index (χ1v) is 8.42. The minimum absolute atomic E-state index is 0.264. The highest BCUT2D eigenvalue weighted by Gasteiger charge is 2.59. The van der Waals surface area contributed by atoms with Gasteiger partial charge in [0.2, 0.25) is 0 Å². The van der Waals surface area contributed by atoms with E-state index in [1.807, 2.05) is 6.07 Å². The molecule has 1 saturated carbocycles. The van der Waals surface area contributed by atoms with Crippen molar-refractivity contribution in [1.82, 2.24) is 0 Å². The zero-order valence-electron chi connectivity index (χ0n) is 11.0. The third-order valence-electron chi connectivity index (χ3n) is 3.77. The molecule has 0 heterocycles. The quantitative estimate of drug-likeness (QED) is 0.871. The van der Waals surface area contributed by atoms with Crippen LogP contribution in [-0.2, 0) is 9.84 Å². The molecule has 3 rings (SSSR count). The van der Waals surface area contributed by atoms with Crippen molar-refractivity contribution in [3.05, 3.63) is 65.2 Å². The van der Waals surface area contributed by atoms with Crippen LogP contribution in [0.2, 0.25) is 5.02 Å². The molecule has 0 aliphatic heterocycles. The lowest BCUT2D eigenvalue weighted by atomic mass is 10.1. The first kappa shape index (κ1) is 14.1. The molecule has 0 unspecified atom stereocenters. The Morgan fingerprint density at radius 1 is 1.05 bits per heavy atom. The zero-order valence-corrected chi connectivity index (χ0v) is 12.6. The van der Waals surface area contributed by atoms with Gasteiger partial charge in [0.05, 0.1) is 22.1 Å². The summed E-state index contributed by atoms with van der Waals surface area (Å²) >= 11 is 5.95. The Morgan fingerprint density at radius 3 is 2.38 bits per heavy atom. The van der Waals surface area contributed by atoms with Crippen molar-refractivity contribution in [3.8, 4) is 6.07 Å². The molecule has 3 nitrogen and oxygen atoms in total. The van der Waals surface area contributed by atoms with Crippen LogP contribution in [0.15, 0.2) is 59.5 Å². The number of hydrogen-bond donors (Lipinski definition) is 0. The van der Waals surface area contributed by atoms with Gasteiger partial charge in [0, 0.05) is 10.9 Å². The molecule has 21 heavy (non-hydrogen) atoms. The lowest BCUT2D eigenvalue weighted by Gasteiger charge is -2.04. The molecule has 1 fully saturated rings. The lowest BCUT2D eigenvalue weighted by molar-refractivity contribution is 0.593. The maximum absolute atomic E-state index is 12.6. The van der Waals surface area contributed by atoms with Crippen LogP contribution >= 0.6 is 11.6 Å². The van der Waals surface area contributed by atoms with E-state index in [1.54, 1.807) is 48.5 Å². The third-order valence-corrected chi connectivity index (χ3v) is 6.23. The first-order chi connectivity index (χ1) is 10.1. The fourth-order valence-electron chi connectivity index (χ4n) is 2.70. The Hall–Kier alpha value is -1.83. The molecule has 5 heteroatoms. The summed E-state index contributed by atoms with van der Waals surface area (Å²) in [5.74, 6) is -0.826. The van der Waals surface area contributed by atoms with E-state index >= 15 is 0 Å². The highest BCUT2D eigenvalue weighted by molar-refractivity contribution is 7.92. The molecule has 0 N–H and O–H groups in total. The monoisotopic (exact) mass is 317 g/mol. The molecule has 0 aromatic heterocycles. The van der Waals surface area contributed by atoms with Gasteiger partial charge in [-0.1, -0.05) is 41.9 Å². The first-order valence-electron chi connectivity index (χ1n) is 6.50. The van der Waals surface area contributed by atoms with Crippen LogP contribution in [0.1, 0.15) is 11.5 Å². The average Bonchev–Trinajstić information content (AvgIpc) is 3.23. The van der Waals surface area contributed by atoms with E-state index in [9.17, 15) is 13.7 Å². The maximum atomic E-state index is 12.6. The van der Waals surface area contributed by atoms with Gasteiger partial charge in [-0.25, -0.2) is 8.42 Å². The molecular formula is C16H12ClNO2S. The molecule has 0 spiro atoms. The number of sulfone groups is 1. The SMILES string of the molecule is N#C[C@H]1[C@H](c2cccc(Cl)c2)[C@@H]1S(=O)(=O)c1ccccc1. The van der Waals surface area contributed by atoms with Gasteiger partial charge < -0.3 is 0 Å². The van der Waals surface area contributed by atoms with Gasteiger partial charge in [-0.15, -0.1) is 0 Å². The van der Waals surface area contributed by atoms with Gasteiger partial charge in [-0.2, -0.15) is 5.26 Å². The van der Waals surface area contributed by atoms with Crippen LogP contribution in [0.25, 0.3) is 0 Å². The number of benzene rings is 2. The van der Waals surface area contributed by atoms with Crippen molar-refractivity contribution < 1.29 is 8.42 Å². The molecule has 2 aromatic rings. The molecule has 2 aromatic carbocycles. The summed E-state index contributed by atoms with van der Waals surface area (Å²) in [5, 5.41) is 9.10. The molecule has 1 aliphatic rings. The zero-order chi connectivity index (χ0) is 15.0. The van der Waals surface area contributed by atoms with E-state index < -0.39 is 21.0 Å². The van der Waals surface area contributed by atoms with Gasteiger partial charge >= 0.3 is 0 Å². The van der Waals surface area contributed by atoms with Crippen LogP contribution in [-0.4, -0.2) is 13.7 Å². The van der Waals surface area contributed by atoms with Crippen molar-refractivity contribution >= 4 is 21.4 Å². The Kier molecular flexibility index (Phi) is 3.48. The summed E-state index contributed by atoms with van der Waals surface area (Å²) in [6.45, 7) is 0. The molecule has 0 radical (unpaired) electrons. The Labute approximate surface area is 128 Å². The topological polar surface area (TPSA) is 57.9 Å². The molecule has 3 atom stereocenters. The van der Waals surface area contributed by atoms with E-state index in [0.29, 0.717) is 5.02 Å². The van der Waals surface area contributed by atoms with Gasteiger partial charge in [0.25, 0.3) is 0 Å². The number of hydrogen-bond acceptors (Lipinski definition) is 3. The Balaban J connectivity index is 1.99. The van der Waals surface area contributed by atoms with Crippen molar-refractivity contribution in [3.63, 3.8) is 0 Å². The summed E-state index contributed by atoms with van der Waals surface area (Å²) in [6, 6.07) is 17.4. The van der Waals surface area contributed by atoms with E-state index in [0.717, 1.165) is 5.56 Å². The van der Waals surface area contributed by atoms with Crippen LogP contribution in [0.5, 0.6) is 0 Å². The summed E-state index contributed by atoms with van der Waals surface area (Å²) in [7, 11) is -3.50. The largest absolute Gasteiger partial charge is 0.223 e. The molecule has 0 bridgehead atoms. The molecule has 106 valence electrons. The maximum Gasteiger partial charge on any atom is 0.183 e. The van der Waals surface area contributed by atoms with Crippen molar-refractivity contribution in [2.75, 3.05) is 0 Å². The summed E-state index contributed by atoms with van der Waals surface area (Å²) in [6.07, 6.45) is 0. The number of rotatable bonds is 3. The second-order valence-electron chi connectivity index (χ2n) is 5.06. The van der Waals surface area contributed by atoms with E-state index in [1.165, 1.54) is 0 Å². The second-order valence-corrected chi connectivity index (χ2v) is 7.60. The fourth-order valence-corrected chi connectivity index (χ4v) is 4.99. The van der Waals surface area contributed by atoms with Crippen LogP contribution in [0.3, 0.4) is 0 Å². The van der Waals surface area contributed by atoms with Crippen molar-refractivity contribution in [2.24, 2.45) is 5.92 Å². The highest BCUT2D eigenvalue weighted by Crippen LogP contribution is 2.53. The average molecular weight is 318 g/mol. The van der Waals surface area contributed by atoms with E-state index in [-0.39, 0.29) is 10.8 Å². The minimum Gasteiger partial charge on any atom is -0.223 e. The summed E-state index contributed by atoms with van der Waals surface area (Å²) < 4.78 is 25.3. The molecule has 1 aliphatic carbocycles. The second kappa shape index (κ2) is 5.18. The van der Waals surface area contributed by atoms with E-state index in [4.69, 9.17) is 11.6 Å². The van der Waals surface area contributed by atoms with Crippen molar-refractivity contribution in [2.45, 2.75) is 16.1 Å². The Bertz CT molecular complexity index is 812. The number of nitriles is 1. The predicted molar refractivity (Wildman–Crippen MR) is 80.7 cm³/mol. The van der Waals surface area contributed by atoms with Gasteiger partial charge in [-0.05, 0) is 29.8 Å². The van der Waals surface area contributed by atoms with E-state index in [2.05, 4.69) is 6.07 Å². The summed E-state index contributed by atoms with van der Waals surface area (Å²) in [5.41, 5.74) is 0.804. The number of halogens is 1. The standard InChI is InChI=1S/C16H12ClNO2S/c17-12-6-4-5-11(9-12)15-14(10-18)16(15)21(19,20)13-7-2-1-3-8-13/h1-9,14-16H/t14-,15-,16+/m0/s1. The van der Waals surface area contributed by atoms with Crippen LogP contribution in [0, 0.1) is 17.2 Å². The van der Waals surface area contributed by atoms with Crippen LogP contribution < -0.4 is 0 Å². The molecule has 0 amide bonds. The highest BCUT2D eigenvalue weighted by atomic mass is 35.5. The minimum atomic E-state index is -3.50. The van der Waals surface area contributed by atoms with Gasteiger partial charge in [0.1, 0.15) is 0 Å². The smallest absolute Gasteiger partial charge is 0.183 e. The normalized spacial score (nSPS) is 24.3. The van der Waals surface area contributed by atoms with Crippen molar-refractivity contribution in [1.29, 1.82) is 5.26 Å². The Morgan fingerprint density at radius 2 is 1.76 bits per heavy atom. The van der Waals surface area contributed by atoms with Crippen LogP contribution in [0.4, 0.5) is 0 Å². The molecular weight excluding hydrogens is 306 g/mol. The lowest BCUT2D eigenvalue weighted by Crippen LogP contribution is -2.10. The molecule has 0 saturated heterocycles. The number of nitrogens with zero attached hydrogens (tertiary/aromatic N) is 1. The fraction of sp³-hybridized carbons (Fsp3) is 0.188. The predicted octanol–water partition coefficient (Wildman–Crippen LogP) is 3.42. The van der Waals surface area contributed by atoms with Gasteiger partial charge in [0.15, 0.2) is 9.84 Å². The summed E-state index contributed by atoms with van der Waals surface area (Å²) in [4.78, 5) is 0.264.